The van der Waals surface area contributed by atoms with Gasteiger partial charge in [0.25, 0.3) is 0 Å². The molecule has 1 aromatic heterocycles. The summed E-state index contributed by atoms with van der Waals surface area (Å²) in [5, 5.41) is 4.29. The number of allylic oxidation sites excluding steroid dienone is 1. The van der Waals surface area contributed by atoms with Crippen molar-refractivity contribution in [2.45, 2.75) is 58.2 Å². The van der Waals surface area contributed by atoms with Crippen molar-refractivity contribution in [3.8, 4) is 11.3 Å². The Morgan fingerprint density at radius 1 is 0.943 bits per heavy atom. The maximum atomic E-state index is 2.49. The van der Waals surface area contributed by atoms with Crippen LogP contribution in [0.5, 0.6) is 0 Å². The third kappa shape index (κ3) is 3.23. The van der Waals surface area contributed by atoms with E-state index in [1.54, 1.807) is 0 Å². The van der Waals surface area contributed by atoms with Gasteiger partial charge in [-0.3, -0.25) is 0 Å². The van der Waals surface area contributed by atoms with E-state index < -0.39 is 8.07 Å². The normalized spacial score (nSPS) is 18.6. The largest absolute Gasteiger partial charge is 0.217 e. The molecule has 0 spiro atoms. The van der Waals surface area contributed by atoms with Gasteiger partial charge >= 0.3 is 0 Å². The first-order valence-corrected chi connectivity index (χ1v) is 16.5. The van der Waals surface area contributed by atoms with Gasteiger partial charge in [0, 0.05) is 17.0 Å². The molecule has 0 saturated carbocycles. The molecule has 1 atom stereocenters. The Morgan fingerprint density at radius 3 is 2.34 bits per heavy atom. The number of pyridine rings is 1. The van der Waals surface area contributed by atoms with Crippen LogP contribution >= 0.6 is 0 Å². The van der Waals surface area contributed by atoms with Crippen LogP contribution in [-0.2, 0) is 18.9 Å². The van der Waals surface area contributed by atoms with E-state index in [2.05, 4.69) is 125 Å². The van der Waals surface area contributed by atoms with Crippen molar-refractivity contribution in [3.63, 3.8) is 0 Å². The van der Waals surface area contributed by atoms with Crippen LogP contribution in [0.15, 0.2) is 66.9 Å². The highest BCUT2D eigenvalue weighted by molar-refractivity contribution is 6.88. The fourth-order valence-electron chi connectivity index (χ4n) is 6.71. The van der Waals surface area contributed by atoms with Gasteiger partial charge in [-0.05, 0) is 63.1 Å². The van der Waals surface area contributed by atoms with Crippen LogP contribution < -0.4 is 9.75 Å². The predicted molar refractivity (Wildman–Crippen MR) is 153 cm³/mol. The average molecular weight is 475 g/mol. The quantitative estimate of drug-likeness (QED) is 0.216. The molecule has 3 aromatic carbocycles. The molecule has 35 heavy (non-hydrogen) atoms. The van der Waals surface area contributed by atoms with Crippen LogP contribution in [0.3, 0.4) is 0 Å². The second-order valence-corrected chi connectivity index (χ2v) is 17.3. The minimum atomic E-state index is -1.32. The zero-order chi connectivity index (χ0) is 24.7. The second kappa shape index (κ2) is 7.51. The molecule has 0 amide bonds. The maximum absolute atomic E-state index is 2.49. The summed E-state index contributed by atoms with van der Waals surface area (Å²) in [5.74, 6) is 0.471. The van der Waals surface area contributed by atoms with Crippen LogP contribution in [0, 0.1) is 0 Å². The van der Waals surface area contributed by atoms with E-state index in [0.717, 1.165) is 6.42 Å². The van der Waals surface area contributed by atoms with Gasteiger partial charge in [0.05, 0.1) is 13.6 Å². The summed E-state index contributed by atoms with van der Waals surface area (Å²) >= 11 is 0. The average Bonchev–Trinajstić information content (AvgIpc) is 3.11. The van der Waals surface area contributed by atoms with Gasteiger partial charge < -0.3 is 0 Å². The molecule has 176 valence electrons. The molecule has 1 unspecified atom stereocenters. The smallest absolute Gasteiger partial charge is 0.201 e. The van der Waals surface area contributed by atoms with Gasteiger partial charge in [-0.15, -0.1) is 0 Å². The van der Waals surface area contributed by atoms with Crippen LogP contribution in [0.1, 0.15) is 54.5 Å². The molecule has 0 bridgehead atoms. The highest BCUT2D eigenvalue weighted by Crippen LogP contribution is 2.56. The first-order valence-electron chi connectivity index (χ1n) is 13.0. The Labute approximate surface area is 211 Å². The van der Waals surface area contributed by atoms with Crippen molar-refractivity contribution in [1.82, 2.24) is 0 Å². The number of benzene rings is 3. The zero-order valence-electron chi connectivity index (χ0n) is 22.2. The molecule has 2 aliphatic carbocycles. The van der Waals surface area contributed by atoms with E-state index >= 15 is 0 Å². The van der Waals surface area contributed by atoms with Crippen LogP contribution in [0.2, 0.25) is 19.6 Å². The predicted octanol–water partition coefficient (Wildman–Crippen LogP) is 7.37. The summed E-state index contributed by atoms with van der Waals surface area (Å²) in [6.45, 7) is 14.5. The second-order valence-electron chi connectivity index (χ2n) is 12.2. The standard InChI is InChI=1S/C33H36NSi/c1-21(2)30-26-11-9-8-10-23(26)18-27-28(30)20-33(3)29(19-24-16-17-34(4)32(27)31(24)33)22-12-14-25(15-13-22)35(5,6)7/h8-19,21H,20H2,1-7H3/q+1. The molecule has 2 aliphatic rings. The summed E-state index contributed by atoms with van der Waals surface area (Å²) in [4.78, 5) is 0. The highest BCUT2D eigenvalue weighted by atomic mass is 28.3. The number of rotatable bonds is 3. The number of aromatic nitrogens is 1. The summed E-state index contributed by atoms with van der Waals surface area (Å²) in [6, 6.07) is 23.3. The fourth-order valence-corrected chi connectivity index (χ4v) is 7.87. The minimum absolute atomic E-state index is 0.0382. The van der Waals surface area contributed by atoms with E-state index in [9.17, 15) is 0 Å². The molecule has 1 heterocycles. The first-order chi connectivity index (χ1) is 16.6. The number of nitrogens with zero attached hydrogens (tertiary/aromatic N) is 1. The molecular weight excluding hydrogens is 438 g/mol. The van der Waals surface area contributed by atoms with Gasteiger partial charge in [0.1, 0.15) is 7.05 Å². The molecule has 2 heteroatoms. The van der Waals surface area contributed by atoms with Crippen molar-refractivity contribution >= 4 is 35.7 Å². The molecule has 0 saturated heterocycles. The van der Waals surface area contributed by atoms with Crippen molar-refractivity contribution in [3.05, 3.63) is 94.7 Å². The van der Waals surface area contributed by atoms with E-state index in [1.807, 2.05) is 0 Å². The lowest BCUT2D eigenvalue weighted by Crippen LogP contribution is -2.40. The number of hydrogen-bond acceptors (Lipinski definition) is 0. The summed E-state index contributed by atoms with van der Waals surface area (Å²) < 4.78 is 2.36. The molecule has 0 N–H and O–H groups in total. The number of aryl methyl sites for hydroxylation is 1. The van der Waals surface area contributed by atoms with E-state index in [0.29, 0.717) is 5.92 Å². The Morgan fingerprint density at radius 2 is 1.66 bits per heavy atom. The Balaban J connectivity index is 1.62. The van der Waals surface area contributed by atoms with E-state index in [1.165, 1.54) is 60.6 Å². The van der Waals surface area contributed by atoms with Gasteiger partial charge in [0.2, 0.25) is 5.69 Å². The summed E-state index contributed by atoms with van der Waals surface area (Å²) in [5.41, 5.74) is 11.6. The highest BCUT2D eigenvalue weighted by Gasteiger charge is 2.48. The van der Waals surface area contributed by atoms with Gasteiger partial charge in [-0.25, -0.2) is 4.57 Å². The van der Waals surface area contributed by atoms with Crippen molar-refractivity contribution < 1.29 is 4.57 Å². The molecular formula is C33H36NSi+. The number of fused-ring (bicyclic) bond motifs is 3. The Hall–Kier alpha value is -2.97. The Bertz CT molecular complexity index is 1530. The zero-order valence-corrected chi connectivity index (χ0v) is 23.2. The molecule has 4 aromatic rings. The fraction of sp³-hybridized carbons (Fsp3) is 0.303. The topological polar surface area (TPSA) is 3.88 Å². The van der Waals surface area contributed by atoms with Gasteiger partial charge in [-0.2, -0.15) is 0 Å². The van der Waals surface area contributed by atoms with E-state index in [-0.39, 0.29) is 5.41 Å². The van der Waals surface area contributed by atoms with Gasteiger partial charge in [0.15, 0.2) is 6.20 Å². The molecule has 0 aliphatic heterocycles. The third-order valence-electron chi connectivity index (χ3n) is 8.43. The third-order valence-corrected chi connectivity index (χ3v) is 10.5. The summed E-state index contributed by atoms with van der Waals surface area (Å²) in [6.07, 6.45) is 5.77. The molecule has 6 rings (SSSR count). The van der Waals surface area contributed by atoms with Crippen LogP contribution in [0.25, 0.3) is 33.7 Å². The Kier molecular flexibility index (Phi) is 4.83. The minimum Gasteiger partial charge on any atom is -0.201 e. The van der Waals surface area contributed by atoms with Crippen LogP contribution in [-0.4, -0.2) is 8.07 Å². The summed E-state index contributed by atoms with van der Waals surface area (Å²) in [7, 11) is 0.893. The lowest BCUT2D eigenvalue weighted by Gasteiger charge is -2.37. The lowest BCUT2D eigenvalue weighted by molar-refractivity contribution is -0.661. The number of hydrogen-bond donors (Lipinski definition) is 0. The van der Waals surface area contributed by atoms with E-state index in [4.69, 9.17) is 0 Å². The maximum Gasteiger partial charge on any atom is 0.217 e. The SMILES string of the molecule is CC(C)c1c2c(cc3ccccc13)-c1c3c(cc[n+]1C)C=C(c1ccc([Si](C)(C)C)cc1)C3(C)C2. The monoisotopic (exact) mass is 474 g/mol. The molecule has 0 radical (unpaired) electrons. The molecule has 0 fully saturated rings. The lowest BCUT2D eigenvalue weighted by atomic mass is 9.65. The van der Waals surface area contributed by atoms with Crippen molar-refractivity contribution in [1.29, 1.82) is 0 Å². The first kappa shape index (κ1) is 22.5. The van der Waals surface area contributed by atoms with Gasteiger partial charge in [-0.1, -0.05) is 94.1 Å². The van der Waals surface area contributed by atoms with Crippen LogP contribution in [0.4, 0.5) is 0 Å². The molecule has 1 nitrogen and oxygen atoms in total. The van der Waals surface area contributed by atoms with Crippen molar-refractivity contribution in [2.24, 2.45) is 7.05 Å². The van der Waals surface area contributed by atoms with Crippen molar-refractivity contribution in [2.75, 3.05) is 0 Å².